The topological polar surface area (TPSA) is 60.9 Å². The number of sulfonamides is 1. The van der Waals surface area contributed by atoms with Crippen LogP contribution in [-0.2, 0) is 16.4 Å². The summed E-state index contributed by atoms with van der Waals surface area (Å²) < 4.78 is 27.6. The monoisotopic (exact) mass is 399 g/mol. The molecule has 1 atom stereocenters. The largest absolute Gasteiger partial charge is 0.305 e. The molecule has 0 radical (unpaired) electrons. The highest BCUT2D eigenvalue weighted by atomic mass is 32.2. The van der Waals surface area contributed by atoms with Crippen molar-refractivity contribution in [3.05, 3.63) is 59.7 Å². The van der Waals surface area contributed by atoms with Crippen molar-refractivity contribution in [3.63, 3.8) is 0 Å². The van der Waals surface area contributed by atoms with Gasteiger partial charge in [-0.15, -0.1) is 0 Å². The lowest BCUT2D eigenvalue weighted by Crippen LogP contribution is -2.47. The summed E-state index contributed by atoms with van der Waals surface area (Å²) in [4.78, 5) is 17.2. The molecule has 2 aliphatic heterocycles. The number of nitrogens with zero attached hydrogens (tertiary/aromatic N) is 3. The molecule has 7 heteroatoms. The number of benzene rings is 2. The lowest BCUT2D eigenvalue weighted by atomic mass is 10.1. The van der Waals surface area contributed by atoms with E-state index in [-0.39, 0.29) is 11.9 Å². The lowest BCUT2D eigenvalue weighted by Gasteiger charge is -2.31. The van der Waals surface area contributed by atoms with Crippen LogP contribution >= 0.6 is 0 Å². The first-order chi connectivity index (χ1) is 13.4. The Morgan fingerprint density at radius 1 is 1.00 bits per heavy atom. The van der Waals surface area contributed by atoms with E-state index in [1.54, 1.807) is 39.5 Å². The molecule has 0 saturated carbocycles. The van der Waals surface area contributed by atoms with E-state index in [2.05, 4.69) is 4.90 Å². The van der Waals surface area contributed by atoms with E-state index in [1.807, 2.05) is 32.2 Å². The van der Waals surface area contributed by atoms with Crippen LogP contribution in [0.5, 0.6) is 0 Å². The maximum atomic E-state index is 13.0. The minimum atomic E-state index is -3.51. The number of amides is 1. The normalized spacial score (nSPS) is 20.9. The van der Waals surface area contributed by atoms with E-state index in [9.17, 15) is 13.2 Å². The Kier molecular flexibility index (Phi) is 4.99. The summed E-state index contributed by atoms with van der Waals surface area (Å²) in [5.41, 5.74) is 2.35. The van der Waals surface area contributed by atoms with E-state index < -0.39 is 10.0 Å². The van der Waals surface area contributed by atoms with Crippen LogP contribution in [0.2, 0.25) is 0 Å². The van der Waals surface area contributed by atoms with Gasteiger partial charge in [-0.3, -0.25) is 4.79 Å². The van der Waals surface area contributed by atoms with Gasteiger partial charge in [0, 0.05) is 43.5 Å². The summed E-state index contributed by atoms with van der Waals surface area (Å²) in [6.07, 6.45) is 0.653. The van der Waals surface area contributed by atoms with E-state index in [1.165, 1.54) is 0 Å². The van der Waals surface area contributed by atoms with E-state index in [4.69, 9.17) is 0 Å². The molecule has 0 bridgehead atoms. The number of likely N-dealkylation sites (N-methyl/N-ethyl adjacent to an activating group) is 1. The highest BCUT2D eigenvalue weighted by molar-refractivity contribution is 7.89. The minimum Gasteiger partial charge on any atom is -0.305 e. The van der Waals surface area contributed by atoms with Crippen LogP contribution in [0.25, 0.3) is 0 Å². The first-order valence-electron chi connectivity index (χ1n) is 9.58. The van der Waals surface area contributed by atoms with Crippen LogP contribution in [0.1, 0.15) is 22.8 Å². The Morgan fingerprint density at radius 3 is 2.36 bits per heavy atom. The maximum Gasteiger partial charge on any atom is 0.258 e. The smallest absolute Gasteiger partial charge is 0.258 e. The molecule has 6 nitrogen and oxygen atoms in total. The fourth-order valence-corrected chi connectivity index (χ4v) is 5.45. The minimum absolute atomic E-state index is 0.00991. The molecule has 2 aliphatic rings. The van der Waals surface area contributed by atoms with Gasteiger partial charge in [0.2, 0.25) is 10.0 Å². The summed E-state index contributed by atoms with van der Waals surface area (Å²) in [5.74, 6) is -0.0541. The van der Waals surface area contributed by atoms with Crippen LogP contribution in [0.3, 0.4) is 0 Å². The molecule has 1 fully saturated rings. The van der Waals surface area contributed by atoms with Gasteiger partial charge in [0.25, 0.3) is 5.91 Å². The fourth-order valence-electron chi connectivity index (χ4n) is 3.97. The summed E-state index contributed by atoms with van der Waals surface area (Å²) in [5, 5.41) is 0. The van der Waals surface area contributed by atoms with Gasteiger partial charge in [0.05, 0.1) is 4.90 Å². The van der Waals surface area contributed by atoms with Crippen molar-refractivity contribution in [2.45, 2.75) is 24.3 Å². The molecule has 2 aromatic rings. The molecule has 2 heterocycles. The van der Waals surface area contributed by atoms with Gasteiger partial charge in [-0.1, -0.05) is 18.2 Å². The highest BCUT2D eigenvalue weighted by Crippen LogP contribution is 2.35. The van der Waals surface area contributed by atoms with Crippen molar-refractivity contribution in [3.8, 4) is 0 Å². The number of hydrogen-bond donors (Lipinski definition) is 0. The first kappa shape index (κ1) is 19.1. The van der Waals surface area contributed by atoms with Gasteiger partial charge in [-0.2, -0.15) is 4.31 Å². The molecule has 0 aromatic heterocycles. The third-order valence-corrected chi connectivity index (χ3v) is 7.50. The van der Waals surface area contributed by atoms with Crippen molar-refractivity contribution in [1.29, 1.82) is 0 Å². The second kappa shape index (κ2) is 7.31. The first-order valence-corrected chi connectivity index (χ1v) is 11.0. The molecule has 0 spiro atoms. The summed E-state index contributed by atoms with van der Waals surface area (Å²) in [6, 6.07) is 14.3. The zero-order chi connectivity index (χ0) is 19.9. The summed E-state index contributed by atoms with van der Waals surface area (Å²) in [7, 11) is -1.51. The number of carbonyl (C=O) groups is 1. The van der Waals surface area contributed by atoms with Crippen LogP contribution in [0.4, 0.5) is 5.69 Å². The van der Waals surface area contributed by atoms with Crippen LogP contribution < -0.4 is 4.90 Å². The highest BCUT2D eigenvalue weighted by Gasteiger charge is 2.34. The maximum absolute atomic E-state index is 13.0. The Balaban J connectivity index is 1.63. The molecule has 0 aliphatic carbocycles. The van der Waals surface area contributed by atoms with Crippen molar-refractivity contribution in [1.82, 2.24) is 9.21 Å². The van der Waals surface area contributed by atoms with Gasteiger partial charge in [-0.05, 0) is 56.3 Å². The van der Waals surface area contributed by atoms with Crippen LogP contribution in [0, 0.1) is 0 Å². The van der Waals surface area contributed by atoms with Crippen LogP contribution in [-0.4, -0.2) is 62.8 Å². The van der Waals surface area contributed by atoms with E-state index >= 15 is 0 Å². The van der Waals surface area contributed by atoms with Crippen molar-refractivity contribution in [2.75, 3.05) is 38.1 Å². The Hall–Kier alpha value is -2.22. The number of anilines is 1. The Morgan fingerprint density at radius 2 is 1.68 bits per heavy atom. The standard InChI is InChI=1S/C21H25N3O3S/c1-16-14-18-15-19(28(26,27)23-12-10-22(2)11-13-23)8-9-20(18)24(16)21(25)17-6-4-3-5-7-17/h3-9,15-16H,10-14H2,1-2H3/t16-/m1/s1. The second-order valence-corrected chi connectivity index (χ2v) is 9.53. The molecule has 2 aromatic carbocycles. The van der Waals surface area contributed by atoms with Crippen LogP contribution in [0.15, 0.2) is 53.4 Å². The van der Waals surface area contributed by atoms with E-state index in [0.717, 1.165) is 24.3 Å². The predicted molar refractivity (Wildman–Crippen MR) is 109 cm³/mol. The molecule has 1 saturated heterocycles. The third kappa shape index (κ3) is 3.34. The van der Waals surface area contributed by atoms with Gasteiger partial charge in [-0.25, -0.2) is 8.42 Å². The second-order valence-electron chi connectivity index (χ2n) is 7.59. The molecule has 0 N–H and O–H groups in total. The van der Waals surface area contributed by atoms with E-state index in [0.29, 0.717) is 30.0 Å². The van der Waals surface area contributed by atoms with Crippen molar-refractivity contribution < 1.29 is 13.2 Å². The average Bonchev–Trinajstić information content (AvgIpc) is 3.03. The fraction of sp³-hybridized carbons (Fsp3) is 0.381. The third-order valence-electron chi connectivity index (χ3n) is 5.61. The number of rotatable bonds is 3. The molecule has 0 unspecified atom stereocenters. The molecule has 28 heavy (non-hydrogen) atoms. The zero-order valence-corrected chi connectivity index (χ0v) is 17.0. The SMILES string of the molecule is C[C@@H]1Cc2cc(S(=O)(=O)N3CCN(C)CC3)ccc2N1C(=O)c1ccccc1. The Labute approximate surface area is 166 Å². The van der Waals surface area contributed by atoms with Gasteiger partial charge in [0.1, 0.15) is 0 Å². The number of carbonyl (C=O) groups excluding carboxylic acids is 1. The lowest BCUT2D eigenvalue weighted by molar-refractivity contribution is 0.0981. The predicted octanol–water partition coefficient (Wildman–Crippen LogP) is 2.21. The molecule has 1 amide bonds. The quantitative estimate of drug-likeness (QED) is 0.794. The van der Waals surface area contributed by atoms with Gasteiger partial charge in [0.15, 0.2) is 0 Å². The van der Waals surface area contributed by atoms with Gasteiger partial charge < -0.3 is 9.80 Å². The molecule has 4 rings (SSSR count). The van der Waals surface area contributed by atoms with Crippen molar-refractivity contribution >= 4 is 21.6 Å². The number of hydrogen-bond acceptors (Lipinski definition) is 4. The number of piperazine rings is 1. The number of fused-ring (bicyclic) bond motifs is 1. The molecular weight excluding hydrogens is 374 g/mol. The molecule has 148 valence electrons. The summed E-state index contributed by atoms with van der Waals surface area (Å²) in [6.45, 7) is 4.48. The molecular formula is C21H25N3O3S. The van der Waals surface area contributed by atoms with Crippen molar-refractivity contribution in [2.24, 2.45) is 0 Å². The summed E-state index contributed by atoms with van der Waals surface area (Å²) >= 11 is 0. The zero-order valence-electron chi connectivity index (χ0n) is 16.2. The Bertz CT molecular complexity index is 983. The average molecular weight is 400 g/mol. The van der Waals surface area contributed by atoms with Gasteiger partial charge >= 0.3 is 0 Å².